The van der Waals surface area contributed by atoms with Crippen LogP contribution in [-0.2, 0) is 0 Å². The Morgan fingerprint density at radius 2 is 1.90 bits per heavy atom. The van der Waals surface area contributed by atoms with E-state index >= 15 is 0 Å². The Balaban J connectivity index is 2.50. The maximum Gasteiger partial charge on any atom is 0.218 e. The highest BCUT2D eigenvalue weighted by Crippen LogP contribution is 2.29. The fraction of sp³-hybridized carbons (Fsp3) is 0.353. The normalized spacial score (nSPS) is 12.2. The van der Waals surface area contributed by atoms with E-state index < -0.39 is 0 Å². The van der Waals surface area contributed by atoms with E-state index in [0.717, 1.165) is 12.1 Å². The predicted octanol–water partition coefficient (Wildman–Crippen LogP) is 3.41. The van der Waals surface area contributed by atoms with Crippen LogP contribution in [0.2, 0.25) is 0 Å². The topological polar surface area (TPSA) is 34.2 Å². The summed E-state index contributed by atoms with van der Waals surface area (Å²) in [5, 5.41) is 3.52. The summed E-state index contributed by atoms with van der Waals surface area (Å²) in [5.74, 6) is 0.678. The molecule has 0 spiro atoms. The molecule has 1 unspecified atom stereocenters. The van der Waals surface area contributed by atoms with Crippen molar-refractivity contribution in [3.8, 4) is 5.88 Å². The van der Waals surface area contributed by atoms with Crippen LogP contribution in [0.3, 0.4) is 0 Å². The summed E-state index contributed by atoms with van der Waals surface area (Å²) in [5.41, 5.74) is 4.86. The van der Waals surface area contributed by atoms with Gasteiger partial charge in [0.1, 0.15) is 0 Å². The van der Waals surface area contributed by atoms with Crippen LogP contribution in [0.1, 0.15) is 35.2 Å². The number of pyridine rings is 1. The number of hydrogen-bond acceptors (Lipinski definition) is 3. The maximum atomic E-state index is 5.40. The number of methoxy groups -OCH3 is 1. The summed E-state index contributed by atoms with van der Waals surface area (Å²) in [7, 11) is 1.66. The fourth-order valence-corrected chi connectivity index (χ4v) is 2.58. The minimum Gasteiger partial charge on any atom is -0.481 e. The first-order chi connectivity index (χ1) is 9.65. The van der Waals surface area contributed by atoms with Gasteiger partial charge in [-0.1, -0.05) is 42.3 Å². The summed E-state index contributed by atoms with van der Waals surface area (Å²) in [4.78, 5) is 4.31. The molecule has 0 bridgehead atoms. The molecule has 0 aliphatic carbocycles. The third-order valence-electron chi connectivity index (χ3n) is 3.29. The molecule has 0 aliphatic heterocycles. The van der Waals surface area contributed by atoms with Crippen molar-refractivity contribution < 1.29 is 4.74 Å². The van der Waals surface area contributed by atoms with E-state index in [1.165, 1.54) is 16.7 Å². The summed E-state index contributed by atoms with van der Waals surface area (Å²) < 4.78 is 5.40. The van der Waals surface area contributed by atoms with Gasteiger partial charge in [0.25, 0.3) is 0 Å². The zero-order valence-corrected chi connectivity index (χ0v) is 12.6. The lowest BCUT2D eigenvalue weighted by molar-refractivity contribution is 0.387. The first-order valence-electron chi connectivity index (χ1n) is 6.96. The van der Waals surface area contributed by atoms with Crippen LogP contribution in [0.25, 0.3) is 0 Å². The maximum absolute atomic E-state index is 5.40. The third kappa shape index (κ3) is 3.17. The van der Waals surface area contributed by atoms with Crippen molar-refractivity contribution >= 4 is 0 Å². The summed E-state index contributed by atoms with van der Waals surface area (Å²) in [6, 6.07) is 10.7. The van der Waals surface area contributed by atoms with Crippen LogP contribution in [0.5, 0.6) is 5.88 Å². The SMILES string of the molecule is CCNC(c1cc(C)cc(C)c1)c1cccnc1OC. The number of ether oxygens (including phenoxy) is 1. The van der Waals surface area contributed by atoms with Crippen molar-refractivity contribution in [2.45, 2.75) is 26.8 Å². The lowest BCUT2D eigenvalue weighted by atomic mass is 9.96. The molecule has 3 nitrogen and oxygen atoms in total. The van der Waals surface area contributed by atoms with E-state index in [0.29, 0.717) is 5.88 Å². The smallest absolute Gasteiger partial charge is 0.218 e. The molecule has 2 aromatic rings. The van der Waals surface area contributed by atoms with Gasteiger partial charge in [-0.15, -0.1) is 0 Å². The van der Waals surface area contributed by atoms with Gasteiger partial charge in [0.15, 0.2) is 0 Å². The standard InChI is InChI=1S/C17H22N2O/c1-5-18-16(14-10-12(2)9-13(3)11-14)15-7-6-8-19-17(15)20-4/h6-11,16,18H,5H2,1-4H3. The Morgan fingerprint density at radius 3 is 2.50 bits per heavy atom. The lowest BCUT2D eigenvalue weighted by Crippen LogP contribution is -2.23. The highest BCUT2D eigenvalue weighted by atomic mass is 16.5. The molecule has 1 heterocycles. The molecule has 1 aromatic heterocycles. The van der Waals surface area contributed by atoms with Gasteiger partial charge < -0.3 is 10.1 Å². The third-order valence-corrected chi connectivity index (χ3v) is 3.29. The van der Waals surface area contributed by atoms with Gasteiger partial charge in [-0.2, -0.15) is 0 Å². The van der Waals surface area contributed by atoms with Gasteiger partial charge in [-0.25, -0.2) is 4.98 Å². The predicted molar refractivity (Wildman–Crippen MR) is 82.2 cm³/mol. The van der Waals surface area contributed by atoms with Crippen molar-refractivity contribution in [3.63, 3.8) is 0 Å². The van der Waals surface area contributed by atoms with Crippen molar-refractivity contribution in [3.05, 3.63) is 58.8 Å². The molecule has 0 fully saturated rings. The second-order valence-corrected chi connectivity index (χ2v) is 5.01. The number of aromatic nitrogens is 1. The van der Waals surface area contributed by atoms with E-state index in [9.17, 15) is 0 Å². The molecule has 20 heavy (non-hydrogen) atoms. The lowest BCUT2D eigenvalue weighted by Gasteiger charge is -2.21. The van der Waals surface area contributed by atoms with Gasteiger partial charge in [0, 0.05) is 11.8 Å². The molecule has 1 N–H and O–H groups in total. The minimum atomic E-state index is 0.0993. The van der Waals surface area contributed by atoms with Crippen molar-refractivity contribution in [1.82, 2.24) is 10.3 Å². The van der Waals surface area contributed by atoms with Crippen LogP contribution < -0.4 is 10.1 Å². The van der Waals surface area contributed by atoms with E-state index in [4.69, 9.17) is 4.74 Å². The van der Waals surface area contributed by atoms with Crippen LogP contribution in [0, 0.1) is 13.8 Å². The number of rotatable bonds is 5. The van der Waals surface area contributed by atoms with Gasteiger partial charge in [0.2, 0.25) is 5.88 Å². The molecule has 0 saturated carbocycles. The molecule has 0 saturated heterocycles. The Hall–Kier alpha value is -1.87. The molecule has 3 heteroatoms. The Morgan fingerprint density at radius 1 is 1.20 bits per heavy atom. The van der Waals surface area contributed by atoms with E-state index in [1.54, 1.807) is 13.3 Å². The zero-order valence-electron chi connectivity index (χ0n) is 12.6. The first kappa shape index (κ1) is 14.5. The highest BCUT2D eigenvalue weighted by molar-refractivity contribution is 5.40. The Kier molecular flexibility index (Phi) is 4.74. The second kappa shape index (κ2) is 6.53. The molecule has 0 radical (unpaired) electrons. The molecule has 2 rings (SSSR count). The van der Waals surface area contributed by atoms with E-state index in [-0.39, 0.29) is 6.04 Å². The largest absolute Gasteiger partial charge is 0.481 e. The summed E-state index contributed by atoms with van der Waals surface area (Å²) >= 11 is 0. The number of nitrogens with zero attached hydrogens (tertiary/aromatic N) is 1. The average Bonchev–Trinajstić information content (AvgIpc) is 2.43. The Bertz CT molecular complexity index is 561. The monoisotopic (exact) mass is 270 g/mol. The Labute approximate surface area is 121 Å². The van der Waals surface area contributed by atoms with Crippen LogP contribution in [0.4, 0.5) is 0 Å². The van der Waals surface area contributed by atoms with Crippen LogP contribution in [-0.4, -0.2) is 18.6 Å². The minimum absolute atomic E-state index is 0.0993. The number of aryl methyl sites for hydroxylation is 2. The average molecular weight is 270 g/mol. The molecular formula is C17H22N2O. The molecule has 1 atom stereocenters. The molecule has 106 valence electrons. The quantitative estimate of drug-likeness (QED) is 0.904. The van der Waals surface area contributed by atoms with E-state index in [2.05, 4.69) is 55.3 Å². The molecule has 0 amide bonds. The van der Waals surface area contributed by atoms with Gasteiger partial charge in [-0.3, -0.25) is 0 Å². The van der Waals surface area contributed by atoms with Crippen LogP contribution in [0.15, 0.2) is 36.5 Å². The van der Waals surface area contributed by atoms with E-state index in [1.807, 2.05) is 6.07 Å². The highest BCUT2D eigenvalue weighted by Gasteiger charge is 2.18. The summed E-state index contributed by atoms with van der Waals surface area (Å²) in [6.07, 6.45) is 1.76. The van der Waals surface area contributed by atoms with Gasteiger partial charge in [0.05, 0.1) is 13.2 Å². The second-order valence-electron chi connectivity index (χ2n) is 5.01. The number of benzene rings is 1. The molecule has 1 aromatic carbocycles. The van der Waals surface area contributed by atoms with Crippen molar-refractivity contribution in [2.75, 3.05) is 13.7 Å². The zero-order chi connectivity index (χ0) is 14.5. The first-order valence-corrected chi connectivity index (χ1v) is 6.96. The number of hydrogen-bond donors (Lipinski definition) is 1. The van der Waals surface area contributed by atoms with Crippen molar-refractivity contribution in [2.24, 2.45) is 0 Å². The van der Waals surface area contributed by atoms with Gasteiger partial charge >= 0.3 is 0 Å². The van der Waals surface area contributed by atoms with Crippen molar-refractivity contribution in [1.29, 1.82) is 0 Å². The molecular weight excluding hydrogens is 248 g/mol. The molecule has 0 aliphatic rings. The van der Waals surface area contributed by atoms with Crippen LogP contribution >= 0.6 is 0 Å². The van der Waals surface area contributed by atoms with Gasteiger partial charge in [-0.05, 0) is 32.0 Å². The number of nitrogens with one attached hydrogen (secondary N) is 1. The summed E-state index contributed by atoms with van der Waals surface area (Å²) in [6.45, 7) is 7.24. The fourth-order valence-electron chi connectivity index (χ4n) is 2.58.